The Labute approximate surface area is 672 Å². The molecule has 116 heavy (non-hydrogen) atoms. The highest BCUT2D eigenvalue weighted by atomic mass is 16.3. The second-order valence-corrected chi connectivity index (χ2v) is 29.9. The molecule has 0 unspecified atom stereocenters. The van der Waals surface area contributed by atoms with Crippen molar-refractivity contribution in [3.05, 3.63) is 453 Å². The molecule has 3 aromatic heterocycles. The van der Waals surface area contributed by atoms with Gasteiger partial charge in [0.15, 0.2) is 0 Å². The van der Waals surface area contributed by atoms with Gasteiger partial charge in [-0.05, 0) is 232 Å². The number of benzene rings is 18. The summed E-state index contributed by atoms with van der Waals surface area (Å²) in [5, 5.41) is 6.91. The van der Waals surface area contributed by atoms with Crippen LogP contribution in [-0.4, -0.2) is 4.57 Å². The summed E-state index contributed by atoms with van der Waals surface area (Å²) in [6.45, 7) is 0. The Balaban J connectivity index is 0.604. The summed E-state index contributed by atoms with van der Waals surface area (Å²) in [6.07, 6.45) is 0. The minimum Gasteiger partial charge on any atom is -0.455 e. The molecule has 0 amide bonds. The van der Waals surface area contributed by atoms with Crippen LogP contribution in [0.2, 0.25) is 0 Å². The maximum Gasteiger partial charge on any atom is 0.143 e. The first-order valence-corrected chi connectivity index (χ1v) is 39.6. The average Bonchev–Trinajstić information content (AvgIpc) is 1.61. The molecule has 0 atom stereocenters. The zero-order valence-corrected chi connectivity index (χ0v) is 63.2. The molecule has 7 heteroatoms. The molecule has 3 heterocycles. The minimum absolute atomic E-state index is 0.158. The van der Waals surface area contributed by atoms with Gasteiger partial charge in [0.25, 0.3) is 0 Å². The van der Waals surface area contributed by atoms with E-state index in [1.54, 1.807) is 0 Å². The van der Waals surface area contributed by atoms with E-state index in [1.165, 1.54) is 49.6 Å². The normalized spacial score (nSPS) is 11.9. The minimum atomic E-state index is 0.158. The SMILES string of the molecule is c1ccc(N(c2ccc(C3c4ccccc4-c4ccccc43)cc2)c2ccc(N(c3ccc(-c4ccc(N(c5ccc(-c6cccc7c6oc6ccccc67)cc5)c5ccc(N(c6ccccc6)c6ccc(-n7c8ccccc8c8ccccc87)cc6)cc5)cc4)cc3)c3ccc(-c4cccc5c4oc4ccccc45)cc3)cc2)cc1. The Morgan fingerprint density at radius 1 is 0.190 bits per heavy atom. The van der Waals surface area contributed by atoms with Crippen LogP contribution in [0.15, 0.2) is 446 Å². The summed E-state index contributed by atoms with van der Waals surface area (Å²) in [4.78, 5) is 9.40. The fourth-order valence-corrected chi connectivity index (χ4v) is 17.9. The number of nitrogens with zero attached hydrogens (tertiary/aromatic N) is 5. The largest absolute Gasteiger partial charge is 0.455 e. The van der Waals surface area contributed by atoms with Crippen LogP contribution in [0.3, 0.4) is 0 Å². The van der Waals surface area contributed by atoms with Crippen LogP contribution in [0.4, 0.5) is 68.2 Å². The predicted octanol–water partition coefficient (Wildman–Crippen LogP) is 30.6. The molecule has 0 spiro atoms. The molecule has 21 aromatic rings. The van der Waals surface area contributed by atoms with E-state index in [0.717, 1.165) is 151 Å². The zero-order valence-electron chi connectivity index (χ0n) is 63.2. The monoisotopic (exact) mass is 1480 g/mol. The van der Waals surface area contributed by atoms with E-state index in [0.29, 0.717) is 0 Å². The van der Waals surface area contributed by atoms with Crippen molar-refractivity contribution in [3.8, 4) is 50.2 Å². The van der Waals surface area contributed by atoms with Crippen LogP contribution < -0.4 is 19.6 Å². The molecule has 0 bridgehead atoms. The number of aromatic nitrogens is 1. The first-order valence-electron chi connectivity index (χ1n) is 39.6. The van der Waals surface area contributed by atoms with Gasteiger partial charge in [-0.15, -0.1) is 0 Å². The lowest BCUT2D eigenvalue weighted by atomic mass is 9.89. The van der Waals surface area contributed by atoms with Crippen molar-refractivity contribution in [3.63, 3.8) is 0 Å². The van der Waals surface area contributed by atoms with Crippen LogP contribution in [0.1, 0.15) is 22.6 Å². The lowest BCUT2D eigenvalue weighted by Crippen LogP contribution is -2.12. The van der Waals surface area contributed by atoms with Crippen LogP contribution in [-0.2, 0) is 0 Å². The molecular weight excluding hydrogens is 1410 g/mol. The molecule has 0 saturated carbocycles. The lowest BCUT2D eigenvalue weighted by Gasteiger charge is -2.29. The number of para-hydroxylation sites is 8. The van der Waals surface area contributed by atoms with Crippen molar-refractivity contribution >= 4 is 134 Å². The van der Waals surface area contributed by atoms with Gasteiger partial charge in [0, 0.05) is 123 Å². The Morgan fingerprint density at radius 3 is 0.836 bits per heavy atom. The van der Waals surface area contributed by atoms with Gasteiger partial charge in [0.2, 0.25) is 0 Å². The van der Waals surface area contributed by atoms with Crippen molar-refractivity contribution in [2.75, 3.05) is 19.6 Å². The van der Waals surface area contributed by atoms with Crippen molar-refractivity contribution in [2.24, 2.45) is 0 Å². The summed E-state index contributed by atoms with van der Waals surface area (Å²) in [6, 6.07) is 158. The molecule has 18 aromatic carbocycles. The topological polar surface area (TPSA) is 44.2 Å². The molecule has 0 saturated heterocycles. The molecule has 0 N–H and O–H groups in total. The summed E-state index contributed by atoms with van der Waals surface area (Å²) in [7, 11) is 0. The number of rotatable bonds is 17. The quantitative estimate of drug-likeness (QED) is 0.0905. The Morgan fingerprint density at radius 2 is 0.457 bits per heavy atom. The van der Waals surface area contributed by atoms with E-state index in [2.05, 4.69) is 437 Å². The van der Waals surface area contributed by atoms with E-state index in [1.807, 2.05) is 24.3 Å². The molecule has 1 aliphatic rings. The third kappa shape index (κ3) is 11.7. The van der Waals surface area contributed by atoms with Gasteiger partial charge < -0.3 is 33.0 Å². The van der Waals surface area contributed by atoms with Gasteiger partial charge >= 0.3 is 0 Å². The summed E-state index contributed by atoms with van der Waals surface area (Å²) in [5.41, 5.74) is 32.5. The Hall–Kier alpha value is -15.4. The summed E-state index contributed by atoms with van der Waals surface area (Å²) < 4.78 is 15.5. The third-order valence-corrected chi connectivity index (χ3v) is 23.3. The highest BCUT2D eigenvalue weighted by molar-refractivity contribution is 6.12. The van der Waals surface area contributed by atoms with Crippen molar-refractivity contribution in [1.82, 2.24) is 4.57 Å². The van der Waals surface area contributed by atoms with E-state index in [9.17, 15) is 0 Å². The van der Waals surface area contributed by atoms with Gasteiger partial charge in [-0.2, -0.15) is 0 Å². The fraction of sp³-hybridized carbons (Fsp3) is 0.00917. The number of anilines is 12. The highest BCUT2D eigenvalue weighted by Crippen LogP contribution is 2.50. The van der Waals surface area contributed by atoms with Crippen LogP contribution in [0.25, 0.3) is 116 Å². The first kappa shape index (κ1) is 67.5. The third-order valence-electron chi connectivity index (χ3n) is 23.3. The standard InChI is InChI=1S/C109H73N5O2/c1-3-21-78(22-4-1)110(84-59-49-77(50-60-84)107-99-31-9-7-25-93(99)94-26-8-10-32-100(94)107)85-61-65-88(66-62-85)112(82-55-45-75(46-56-82)91-33-19-35-101-97-29-13-17-39-105(97)115-108(91)101)80-51-41-73(42-52-80)74-43-53-81(54-44-74)113(83-57-47-76(48-58-83)92-34-20-36-102-98-30-14-18-40-106(98)116-109(92)102)89-67-63-86(64-68-89)111(79-23-5-2-6-24-79)87-69-71-90(72-70-87)114-103-37-15-11-27-95(103)96-28-12-16-38-104(96)114/h1-72,107H. The maximum atomic E-state index is 6.59. The second-order valence-electron chi connectivity index (χ2n) is 29.9. The molecule has 7 nitrogen and oxygen atoms in total. The Kier molecular flexibility index (Phi) is 16.5. The van der Waals surface area contributed by atoms with E-state index < -0.39 is 0 Å². The molecule has 0 radical (unpaired) electrons. The molecule has 1 aliphatic carbocycles. The van der Waals surface area contributed by atoms with Crippen LogP contribution in [0, 0.1) is 0 Å². The zero-order chi connectivity index (χ0) is 76.6. The maximum absolute atomic E-state index is 6.59. The summed E-state index contributed by atoms with van der Waals surface area (Å²) in [5.74, 6) is 0.158. The number of fused-ring (bicyclic) bond motifs is 12. The van der Waals surface area contributed by atoms with E-state index >= 15 is 0 Å². The molecule has 22 rings (SSSR count). The van der Waals surface area contributed by atoms with Gasteiger partial charge in [-0.25, -0.2) is 0 Å². The van der Waals surface area contributed by atoms with Crippen molar-refractivity contribution < 1.29 is 8.83 Å². The van der Waals surface area contributed by atoms with Crippen LogP contribution in [0.5, 0.6) is 0 Å². The smallest absolute Gasteiger partial charge is 0.143 e. The number of hydrogen-bond donors (Lipinski definition) is 0. The predicted molar refractivity (Wildman–Crippen MR) is 483 cm³/mol. The molecule has 0 fully saturated rings. The van der Waals surface area contributed by atoms with Gasteiger partial charge in [0.05, 0.1) is 11.0 Å². The number of furan rings is 2. The fourth-order valence-electron chi connectivity index (χ4n) is 17.9. The van der Waals surface area contributed by atoms with Gasteiger partial charge in [-0.3, -0.25) is 0 Å². The van der Waals surface area contributed by atoms with Gasteiger partial charge in [-0.1, -0.05) is 255 Å². The second kappa shape index (κ2) is 28.4. The average molecular weight is 1480 g/mol. The molecule has 0 aliphatic heterocycles. The van der Waals surface area contributed by atoms with Gasteiger partial charge in [0.1, 0.15) is 22.3 Å². The molecule has 546 valence electrons. The van der Waals surface area contributed by atoms with Crippen molar-refractivity contribution in [1.29, 1.82) is 0 Å². The Bertz CT molecular complexity index is 7120. The lowest BCUT2D eigenvalue weighted by molar-refractivity contribution is 0.669. The van der Waals surface area contributed by atoms with Crippen LogP contribution >= 0.6 is 0 Å². The van der Waals surface area contributed by atoms with E-state index in [-0.39, 0.29) is 5.92 Å². The highest BCUT2D eigenvalue weighted by Gasteiger charge is 2.30. The van der Waals surface area contributed by atoms with Crippen molar-refractivity contribution in [2.45, 2.75) is 5.92 Å². The summed E-state index contributed by atoms with van der Waals surface area (Å²) >= 11 is 0. The first-order chi connectivity index (χ1) is 57.5. The van der Waals surface area contributed by atoms with E-state index in [4.69, 9.17) is 8.83 Å². The molecular formula is C109H73N5O2. The number of hydrogen-bond acceptors (Lipinski definition) is 6.